The van der Waals surface area contributed by atoms with Crippen LogP contribution in [-0.4, -0.2) is 37.5 Å². The molecule has 0 N–H and O–H groups in total. The van der Waals surface area contributed by atoms with Gasteiger partial charge in [-0.1, -0.05) is 0 Å². The lowest BCUT2D eigenvalue weighted by atomic mass is 10.1. The van der Waals surface area contributed by atoms with Gasteiger partial charge in [0, 0.05) is 6.07 Å². The molecule has 1 aliphatic rings. The smallest absolute Gasteiger partial charge is 0.261 e. The number of methoxy groups -OCH3 is 1. The van der Waals surface area contributed by atoms with E-state index in [0.717, 1.165) is 5.39 Å². The maximum atomic E-state index is 12.4. The van der Waals surface area contributed by atoms with E-state index < -0.39 is 6.29 Å². The number of benzene rings is 1. The average Bonchev–Trinajstić information content (AvgIpc) is 3.02. The summed E-state index contributed by atoms with van der Waals surface area (Å²) >= 11 is 0. The van der Waals surface area contributed by atoms with E-state index in [1.54, 1.807) is 25.3 Å². The van der Waals surface area contributed by atoms with Crippen molar-refractivity contribution >= 4 is 17.2 Å². The second-order valence-electron chi connectivity index (χ2n) is 4.73. The molecule has 1 saturated heterocycles. The molecule has 3 rings (SSSR count). The summed E-state index contributed by atoms with van der Waals surface area (Å²) in [6, 6.07) is 6.94. The van der Waals surface area contributed by atoms with Crippen LogP contribution in [-0.2, 0) is 16.0 Å². The van der Waals surface area contributed by atoms with Crippen LogP contribution in [0, 0.1) is 0 Å². The number of pyridine rings is 1. The highest BCUT2D eigenvalue weighted by molar-refractivity contribution is 5.87. The van der Waals surface area contributed by atoms with Crippen molar-refractivity contribution in [3.8, 4) is 5.75 Å². The van der Waals surface area contributed by atoms with Crippen LogP contribution in [0.3, 0.4) is 0 Å². The summed E-state index contributed by atoms with van der Waals surface area (Å²) in [7, 11) is 1.56. The minimum atomic E-state index is -0.473. The molecule has 21 heavy (non-hydrogen) atoms. The fraction of sp³-hybridized carbons (Fsp3) is 0.333. The van der Waals surface area contributed by atoms with Gasteiger partial charge in [-0.05, 0) is 23.6 Å². The third-order valence-electron chi connectivity index (χ3n) is 3.48. The van der Waals surface area contributed by atoms with E-state index >= 15 is 0 Å². The van der Waals surface area contributed by atoms with Crippen molar-refractivity contribution < 1.29 is 19.0 Å². The Morgan fingerprint density at radius 1 is 1.33 bits per heavy atom. The monoisotopic (exact) mass is 289 g/mol. The highest BCUT2D eigenvalue weighted by atomic mass is 16.7. The molecule has 110 valence electrons. The van der Waals surface area contributed by atoms with Gasteiger partial charge >= 0.3 is 0 Å². The Hall–Kier alpha value is -2.18. The Bertz CT molecular complexity index is 731. The lowest BCUT2D eigenvalue weighted by molar-refractivity contribution is -0.0523. The summed E-state index contributed by atoms with van der Waals surface area (Å²) in [6.45, 7) is 1.26. The number of aromatic nitrogens is 1. The van der Waals surface area contributed by atoms with E-state index in [0.29, 0.717) is 30.8 Å². The molecule has 0 aliphatic carbocycles. The summed E-state index contributed by atoms with van der Waals surface area (Å²) in [5, 5.41) is 0.787. The van der Waals surface area contributed by atoms with Gasteiger partial charge in [-0.25, -0.2) is 0 Å². The van der Waals surface area contributed by atoms with Gasteiger partial charge in [0.15, 0.2) is 12.6 Å². The third kappa shape index (κ3) is 2.55. The number of nitrogens with zero attached hydrogens (tertiary/aromatic N) is 1. The molecule has 1 fully saturated rings. The highest BCUT2D eigenvalue weighted by Gasteiger charge is 2.19. The van der Waals surface area contributed by atoms with Crippen LogP contribution in [0.2, 0.25) is 0 Å². The zero-order valence-corrected chi connectivity index (χ0v) is 11.6. The predicted molar refractivity (Wildman–Crippen MR) is 75.8 cm³/mol. The zero-order valence-electron chi connectivity index (χ0n) is 11.6. The predicted octanol–water partition coefficient (Wildman–Crippen LogP) is 1.20. The number of fused-ring (bicyclic) bond motifs is 1. The van der Waals surface area contributed by atoms with Crippen molar-refractivity contribution in [2.24, 2.45) is 0 Å². The van der Waals surface area contributed by atoms with E-state index in [9.17, 15) is 9.59 Å². The Labute approximate surface area is 120 Å². The molecule has 0 amide bonds. The van der Waals surface area contributed by atoms with Gasteiger partial charge in [0.05, 0.1) is 37.9 Å². The molecular formula is C15H15NO5. The summed E-state index contributed by atoms with van der Waals surface area (Å²) in [4.78, 5) is 23.5. The Morgan fingerprint density at radius 3 is 2.76 bits per heavy atom. The van der Waals surface area contributed by atoms with Crippen molar-refractivity contribution in [3.63, 3.8) is 0 Å². The number of ether oxygens (including phenoxy) is 3. The van der Waals surface area contributed by atoms with E-state index in [-0.39, 0.29) is 17.7 Å². The van der Waals surface area contributed by atoms with E-state index in [2.05, 4.69) is 0 Å². The standard InChI is InChI=1S/C15H15NO5/c1-19-12-3-2-10-6-11(9-17)15(18)16(13(10)7-12)8-14-20-4-5-21-14/h2-3,6-7,9,14H,4-5,8H2,1H3. The molecule has 1 aromatic heterocycles. The number of hydrogen-bond acceptors (Lipinski definition) is 5. The Balaban J connectivity index is 2.18. The lowest BCUT2D eigenvalue weighted by Crippen LogP contribution is -2.29. The first-order valence-corrected chi connectivity index (χ1v) is 6.63. The maximum absolute atomic E-state index is 12.4. The van der Waals surface area contributed by atoms with Crippen LogP contribution in [0.4, 0.5) is 0 Å². The molecule has 0 radical (unpaired) electrons. The number of rotatable bonds is 4. The van der Waals surface area contributed by atoms with Gasteiger partial charge in [0.25, 0.3) is 5.56 Å². The molecule has 2 aromatic rings. The summed E-state index contributed by atoms with van der Waals surface area (Å²) < 4.78 is 17.5. The minimum Gasteiger partial charge on any atom is -0.497 e. The molecule has 2 heterocycles. The summed E-state index contributed by atoms with van der Waals surface area (Å²) in [5.41, 5.74) is 0.444. The molecule has 1 aliphatic heterocycles. The lowest BCUT2D eigenvalue weighted by Gasteiger charge is -2.15. The van der Waals surface area contributed by atoms with Crippen LogP contribution in [0.25, 0.3) is 10.9 Å². The first kappa shape index (κ1) is 13.8. The van der Waals surface area contributed by atoms with E-state index in [1.165, 1.54) is 4.57 Å². The van der Waals surface area contributed by atoms with Crippen molar-refractivity contribution in [2.45, 2.75) is 12.8 Å². The molecular weight excluding hydrogens is 274 g/mol. The van der Waals surface area contributed by atoms with Gasteiger partial charge in [0.2, 0.25) is 0 Å². The van der Waals surface area contributed by atoms with Crippen LogP contribution in [0.15, 0.2) is 29.1 Å². The van der Waals surface area contributed by atoms with E-state index in [4.69, 9.17) is 14.2 Å². The SMILES string of the molecule is COc1ccc2cc(C=O)c(=O)n(CC3OCCO3)c2c1. The first-order valence-electron chi connectivity index (χ1n) is 6.63. The molecule has 0 spiro atoms. The topological polar surface area (TPSA) is 66.8 Å². The van der Waals surface area contributed by atoms with Gasteiger partial charge < -0.3 is 18.8 Å². The number of aldehydes is 1. The molecule has 6 nitrogen and oxygen atoms in total. The largest absolute Gasteiger partial charge is 0.497 e. The number of carbonyl (C=O) groups excluding carboxylic acids is 1. The molecule has 0 unspecified atom stereocenters. The van der Waals surface area contributed by atoms with Crippen LogP contribution in [0.1, 0.15) is 10.4 Å². The molecule has 0 saturated carbocycles. The second-order valence-corrected chi connectivity index (χ2v) is 4.73. The fourth-order valence-corrected chi connectivity index (χ4v) is 2.43. The van der Waals surface area contributed by atoms with Crippen LogP contribution in [0.5, 0.6) is 5.75 Å². The average molecular weight is 289 g/mol. The number of hydrogen-bond donors (Lipinski definition) is 0. The molecule has 0 atom stereocenters. The van der Waals surface area contributed by atoms with Crippen LogP contribution >= 0.6 is 0 Å². The van der Waals surface area contributed by atoms with Gasteiger partial charge in [0.1, 0.15) is 5.75 Å². The van der Waals surface area contributed by atoms with Crippen molar-refractivity contribution in [3.05, 3.63) is 40.2 Å². The number of carbonyl (C=O) groups is 1. The Kier molecular flexibility index (Phi) is 3.72. The molecule has 0 bridgehead atoms. The molecule has 6 heteroatoms. The van der Waals surface area contributed by atoms with Gasteiger partial charge in [-0.2, -0.15) is 0 Å². The third-order valence-corrected chi connectivity index (χ3v) is 3.48. The fourth-order valence-electron chi connectivity index (χ4n) is 2.43. The van der Waals surface area contributed by atoms with Gasteiger partial charge in [-0.3, -0.25) is 9.59 Å². The summed E-state index contributed by atoms with van der Waals surface area (Å²) in [5.74, 6) is 0.641. The highest BCUT2D eigenvalue weighted by Crippen LogP contribution is 2.21. The first-order chi connectivity index (χ1) is 10.2. The second kappa shape index (κ2) is 5.67. The normalized spacial score (nSPS) is 15.5. The van der Waals surface area contributed by atoms with Crippen molar-refractivity contribution in [1.29, 1.82) is 0 Å². The quantitative estimate of drug-likeness (QED) is 0.791. The van der Waals surface area contributed by atoms with Crippen molar-refractivity contribution in [2.75, 3.05) is 20.3 Å². The zero-order chi connectivity index (χ0) is 14.8. The van der Waals surface area contributed by atoms with Crippen LogP contribution < -0.4 is 10.3 Å². The van der Waals surface area contributed by atoms with E-state index in [1.807, 2.05) is 6.07 Å². The van der Waals surface area contributed by atoms with Gasteiger partial charge in [-0.15, -0.1) is 0 Å². The maximum Gasteiger partial charge on any atom is 0.261 e. The summed E-state index contributed by atoms with van der Waals surface area (Å²) in [6.07, 6.45) is 0.0952. The molecule has 1 aromatic carbocycles. The minimum absolute atomic E-state index is 0.116. The Morgan fingerprint density at radius 2 is 2.10 bits per heavy atom. The van der Waals surface area contributed by atoms with Crippen molar-refractivity contribution in [1.82, 2.24) is 4.57 Å².